The summed E-state index contributed by atoms with van der Waals surface area (Å²) in [6.07, 6.45) is 0. The molecule has 1 unspecified atom stereocenters. The first-order chi connectivity index (χ1) is 5.29. The van der Waals surface area contributed by atoms with Crippen molar-refractivity contribution in [3.63, 3.8) is 0 Å². The fraction of sp³-hybridized carbons (Fsp3) is 0.125. The third kappa shape index (κ3) is 1.17. The number of anilines is 1. The standard InChI is InChI=1S/C8H8N2O.ClH/c9-7-5-3-1-2-4-6(5)10-8(7)11;/h1-4,7H,9H2,(H,10,11);1H/p-1. The van der Waals surface area contributed by atoms with Gasteiger partial charge in [0.2, 0.25) is 5.91 Å². The molecule has 1 atom stereocenters. The number of para-hydroxylation sites is 1. The van der Waals surface area contributed by atoms with Crippen LogP contribution in [0.5, 0.6) is 0 Å². The molecule has 0 aliphatic carbocycles. The molecule has 1 aromatic carbocycles. The van der Waals surface area contributed by atoms with Crippen molar-refractivity contribution in [2.75, 3.05) is 5.32 Å². The van der Waals surface area contributed by atoms with Crippen molar-refractivity contribution >= 4 is 11.6 Å². The summed E-state index contributed by atoms with van der Waals surface area (Å²) in [5.41, 5.74) is 7.30. The number of carbonyl (C=O) groups excluding carboxylic acids is 1. The molecule has 0 spiro atoms. The first-order valence-corrected chi connectivity index (χ1v) is 3.44. The number of nitrogens with two attached hydrogens (primary N) is 1. The molecule has 12 heavy (non-hydrogen) atoms. The lowest BCUT2D eigenvalue weighted by atomic mass is 10.1. The third-order valence-electron chi connectivity index (χ3n) is 1.84. The van der Waals surface area contributed by atoms with Crippen molar-refractivity contribution in [1.82, 2.24) is 0 Å². The Hall–Kier alpha value is -1.06. The van der Waals surface area contributed by atoms with Crippen molar-refractivity contribution in [3.8, 4) is 0 Å². The summed E-state index contributed by atoms with van der Waals surface area (Å²) in [6, 6.07) is 6.97. The predicted molar refractivity (Wildman–Crippen MR) is 42.0 cm³/mol. The van der Waals surface area contributed by atoms with Crippen LogP contribution < -0.4 is 23.5 Å². The van der Waals surface area contributed by atoms with E-state index in [0.29, 0.717) is 0 Å². The van der Waals surface area contributed by atoms with Gasteiger partial charge in [-0.15, -0.1) is 0 Å². The van der Waals surface area contributed by atoms with Crippen LogP contribution in [-0.2, 0) is 4.79 Å². The molecule has 0 fully saturated rings. The number of fused-ring (bicyclic) bond motifs is 1. The van der Waals surface area contributed by atoms with Crippen molar-refractivity contribution in [1.29, 1.82) is 0 Å². The summed E-state index contributed by atoms with van der Waals surface area (Å²) in [7, 11) is 0. The summed E-state index contributed by atoms with van der Waals surface area (Å²) in [5.74, 6) is -0.119. The quantitative estimate of drug-likeness (QED) is 0.473. The van der Waals surface area contributed by atoms with Crippen LogP contribution in [0.4, 0.5) is 5.69 Å². The number of hydrogen-bond acceptors (Lipinski definition) is 2. The zero-order valence-corrected chi connectivity index (χ0v) is 7.01. The summed E-state index contributed by atoms with van der Waals surface area (Å²) in [5, 5.41) is 2.68. The van der Waals surface area contributed by atoms with E-state index in [9.17, 15) is 4.79 Å². The lowest BCUT2D eigenvalue weighted by Gasteiger charge is -1.97. The Balaban J connectivity index is 0.000000720. The summed E-state index contributed by atoms with van der Waals surface area (Å²) in [6.45, 7) is 0. The molecule has 4 heteroatoms. The van der Waals surface area contributed by atoms with E-state index < -0.39 is 6.04 Å². The molecule has 1 aromatic rings. The van der Waals surface area contributed by atoms with Crippen LogP contribution in [0.3, 0.4) is 0 Å². The van der Waals surface area contributed by atoms with E-state index in [0.717, 1.165) is 11.3 Å². The average molecular weight is 184 g/mol. The number of benzene rings is 1. The van der Waals surface area contributed by atoms with E-state index in [2.05, 4.69) is 5.32 Å². The van der Waals surface area contributed by atoms with Crippen molar-refractivity contribution < 1.29 is 17.2 Å². The SMILES string of the molecule is NC1C(=O)Nc2ccccc21.[Cl-]. The van der Waals surface area contributed by atoms with E-state index >= 15 is 0 Å². The fourth-order valence-corrected chi connectivity index (χ4v) is 1.23. The van der Waals surface area contributed by atoms with E-state index in [4.69, 9.17) is 5.73 Å². The Labute approximate surface area is 76.4 Å². The van der Waals surface area contributed by atoms with Crippen LogP contribution in [0.2, 0.25) is 0 Å². The summed E-state index contributed by atoms with van der Waals surface area (Å²) < 4.78 is 0. The Morgan fingerprint density at radius 1 is 1.33 bits per heavy atom. The lowest BCUT2D eigenvalue weighted by molar-refractivity contribution is -0.116. The second-order valence-electron chi connectivity index (χ2n) is 2.55. The monoisotopic (exact) mass is 183 g/mol. The molecule has 1 amide bonds. The van der Waals surface area contributed by atoms with Gasteiger partial charge < -0.3 is 23.5 Å². The van der Waals surface area contributed by atoms with Gasteiger partial charge in [-0.1, -0.05) is 18.2 Å². The highest BCUT2D eigenvalue weighted by Crippen LogP contribution is 2.27. The van der Waals surface area contributed by atoms with Crippen LogP contribution in [0.15, 0.2) is 24.3 Å². The van der Waals surface area contributed by atoms with Crippen LogP contribution in [0.1, 0.15) is 11.6 Å². The minimum atomic E-state index is -0.480. The minimum Gasteiger partial charge on any atom is -1.00 e. The Morgan fingerprint density at radius 2 is 2.00 bits per heavy atom. The van der Waals surface area contributed by atoms with E-state index in [1.54, 1.807) is 0 Å². The van der Waals surface area contributed by atoms with Crippen molar-refractivity contribution in [2.24, 2.45) is 5.73 Å². The van der Waals surface area contributed by atoms with Crippen LogP contribution in [0, 0.1) is 0 Å². The van der Waals surface area contributed by atoms with E-state index in [1.165, 1.54) is 0 Å². The van der Waals surface area contributed by atoms with Crippen LogP contribution >= 0.6 is 0 Å². The van der Waals surface area contributed by atoms with Crippen LogP contribution in [0.25, 0.3) is 0 Å². The first kappa shape index (κ1) is 9.03. The van der Waals surface area contributed by atoms with Gasteiger partial charge in [-0.2, -0.15) is 0 Å². The summed E-state index contributed by atoms with van der Waals surface area (Å²) in [4.78, 5) is 11.0. The highest BCUT2D eigenvalue weighted by atomic mass is 35.5. The molecule has 0 aromatic heterocycles. The van der Waals surface area contributed by atoms with Gasteiger partial charge >= 0.3 is 0 Å². The largest absolute Gasteiger partial charge is 1.00 e. The maximum Gasteiger partial charge on any atom is 0.245 e. The smallest absolute Gasteiger partial charge is 0.245 e. The van der Waals surface area contributed by atoms with Gasteiger partial charge in [0, 0.05) is 11.3 Å². The molecule has 1 heterocycles. The molecule has 0 saturated carbocycles. The molecule has 0 saturated heterocycles. The molecular weight excluding hydrogens is 176 g/mol. The maximum absolute atomic E-state index is 11.0. The molecule has 2 rings (SSSR count). The maximum atomic E-state index is 11.0. The number of hydrogen-bond donors (Lipinski definition) is 2. The van der Waals surface area contributed by atoms with Crippen LogP contribution in [-0.4, -0.2) is 5.91 Å². The highest BCUT2D eigenvalue weighted by molar-refractivity contribution is 6.02. The molecule has 0 bridgehead atoms. The molecule has 1 aliphatic heterocycles. The first-order valence-electron chi connectivity index (χ1n) is 3.44. The second kappa shape index (κ2) is 3.13. The van der Waals surface area contributed by atoms with Gasteiger partial charge in [-0.3, -0.25) is 4.79 Å². The average Bonchev–Trinajstić information content (AvgIpc) is 2.30. The molecule has 3 nitrogen and oxygen atoms in total. The van der Waals surface area contributed by atoms with Gasteiger partial charge in [-0.05, 0) is 6.07 Å². The van der Waals surface area contributed by atoms with E-state index in [-0.39, 0.29) is 18.3 Å². The second-order valence-corrected chi connectivity index (χ2v) is 2.55. The number of rotatable bonds is 0. The molecular formula is C8H8ClN2O-. The topological polar surface area (TPSA) is 55.1 Å². The molecule has 1 aliphatic rings. The zero-order valence-electron chi connectivity index (χ0n) is 6.25. The Bertz CT molecular complexity index is 314. The third-order valence-corrected chi connectivity index (χ3v) is 1.84. The fourth-order valence-electron chi connectivity index (χ4n) is 1.23. The molecule has 3 N–H and O–H groups in total. The molecule has 0 radical (unpaired) electrons. The van der Waals surface area contributed by atoms with Gasteiger partial charge in [0.05, 0.1) is 0 Å². The molecule has 64 valence electrons. The minimum absolute atomic E-state index is 0. The van der Waals surface area contributed by atoms with Gasteiger partial charge in [-0.25, -0.2) is 0 Å². The van der Waals surface area contributed by atoms with Crippen molar-refractivity contribution in [3.05, 3.63) is 29.8 Å². The normalized spacial score (nSPS) is 19.4. The van der Waals surface area contributed by atoms with Gasteiger partial charge in [0.15, 0.2) is 0 Å². The number of nitrogens with one attached hydrogen (secondary N) is 1. The van der Waals surface area contributed by atoms with Gasteiger partial charge in [0.25, 0.3) is 0 Å². The number of halogens is 1. The highest BCUT2D eigenvalue weighted by Gasteiger charge is 2.25. The lowest BCUT2D eigenvalue weighted by Crippen LogP contribution is -3.00. The number of amides is 1. The number of carbonyl (C=O) groups is 1. The zero-order chi connectivity index (χ0) is 7.84. The van der Waals surface area contributed by atoms with Gasteiger partial charge in [0.1, 0.15) is 6.04 Å². The summed E-state index contributed by atoms with van der Waals surface area (Å²) >= 11 is 0. The predicted octanol–water partition coefficient (Wildman–Crippen LogP) is -2.36. The van der Waals surface area contributed by atoms with E-state index in [1.807, 2.05) is 24.3 Å². The Kier molecular flexibility index (Phi) is 2.35. The van der Waals surface area contributed by atoms with Crippen molar-refractivity contribution in [2.45, 2.75) is 6.04 Å². The Morgan fingerprint density at radius 3 is 2.67 bits per heavy atom.